The van der Waals surface area contributed by atoms with Crippen molar-refractivity contribution in [2.45, 2.75) is 25.8 Å². The normalized spacial score (nSPS) is 12.3. The minimum Gasteiger partial charge on any atom is -0.480 e. The van der Waals surface area contributed by atoms with Crippen molar-refractivity contribution in [2.24, 2.45) is 0 Å². The molecule has 1 heterocycles. The highest BCUT2D eigenvalue weighted by atomic mass is 16.4. The molecule has 1 atom stereocenters. The number of carbonyl (C=O) groups excluding carboxylic acids is 1. The van der Waals surface area contributed by atoms with Gasteiger partial charge in [0.15, 0.2) is 0 Å². The average molecular weight is 260 g/mol. The van der Waals surface area contributed by atoms with E-state index >= 15 is 0 Å². The van der Waals surface area contributed by atoms with Crippen molar-refractivity contribution in [1.29, 1.82) is 0 Å². The van der Waals surface area contributed by atoms with Crippen LogP contribution in [0.15, 0.2) is 30.3 Å². The molecule has 0 saturated carbocycles. The number of amides is 1. The predicted octanol–water partition coefficient (Wildman–Crippen LogP) is 2.15. The second-order valence-corrected chi connectivity index (χ2v) is 4.42. The van der Waals surface area contributed by atoms with Crippen molar-refractivity contribution in [1.82, 2.24) is 10.3 Å². The number of aliphatic carboxylic acids is 1. The highest BCUT2D eigenvalue weighted by molar-refractivity contribution is 5.99. The second kappa shape index (κ2) is 5.56. The van der Waals surface area contributed by atoms with E-state index in [4.69, 9.17) is 5.11 Å². The lowest BCUT2D eigenvalue weighted by Gasteiger charge is -2.12. The number of para-hydroxylation sites is 1. The Labute approximate surface area is 110 Å². The van der Waals surface area contributed by atoms with Crippen molar-refractivity contribution < 1.29 is 14.7 Å². The van der Waals surface area contributed by atoms with Gasteiger partial charge in [-0.1, -0.05) is 31.5 Å². The zero-order chi connectivity index (χ0) is 13.8. The molecule has 1 aromatic carbocycles. The Balaban J connectivity index is 2.16. The summed E-state index contributed by atoms with van der Waals surface area (Å²) in [5, 5.41) is 12.5. The fraction of sp³-hybridized carbons (Fsp3) is 0.286. The van der Waals surface area contributed by atoms with Crippen molar-refractivity contribution in [2.75, 3.05) is 0 Å². The molecule has 0 radical (unpaired) electrons. The number of aromatic nitrogens is 1. The second-order valence-electron chi connectivity index (χ2n) is 4.42. The summed E-state index contributed by atoms with van der Waals surface area (Å²) in [6.45, 7) is 1.88. The van der Waals surface area contributed by atoms with Gasteiger partial charge in [0, 0.05) is 10.9 Å². The van der Waals surface area contributed by atoms with Gasteiger partial charge in [0.25, 0.3) is 5.91 Å². The van der Waals surface area contributed by atoms with Crippen LogP contribution in [0.25, 0.3) is 10.9 Å². The first-order valence-corrected chi connectivity index (χ1v) is 6.23. The SMILES string of the molecule is CCC[C@H](NC(=O)c1cc2ccccc2[nH]1)C(=O)O. The summed E-state index contributed by atoms with van der Waals surface area (Å²) < 4.78 is 0. The number of benzene rings is 1. The lowest BCUT2D eigenvalue weighted by molar-refractivity contribution is -0.139. The zero-order valence-electron chi connectivity index (χ0n) is 10.6. The van der Waals surface area contributed by atoms with Crippen LogP contribution in [0.2, 0.25) is 0 Å². The molecule has 0 spiro atoms. The Bertz CT molecular complexity index is 571. The molecule has 2 aromatic rings. The molecule has 3 N–H and O–H groups in total. The number of rotatable bonds is 5. The number of nitrogens with one attached hydrogen (secondary N) is 2. The van der Waals surface area contributed by atoms with E-state index in [1.807, 2.05) is 31.2 Å². The molecule has 0 aliphatic heterocycles. The maximum absolute atomic E-state index is 12.0. The number of fused-ring (bicyclic) bond motifs is 1. The van der Waals surface area contributed by atoms with E-state index in [1.54, 1.807) is 6.07 Å². The molecule has 19 heavy (non-hydrogen) atoms. The van der Waals surface area contributed by atoms with Crippen molar-refractivity contribution in [3.05, 3.63) is 36.0 Å². The van der Waals surface area contributed by atoms with Crippen LogP contribution in [0.5, 0.6) is 0 Å². The van der Waals surface area contributed by atoms with Crippen molar-refractivity contribution >= 4 is 22.8 Å². The van der Waals surface area contributed by atoms with Crippen LogP contribution in [0, 0.1) is 0 Å². The quantitative estimate of drug-likeness (QED) is 0.770. The van der Waals surface area contributed by atoms with Crippen LogP contribution in [0.4, 0.5) is 0 Å². The first-order valence-electron chi connectivity index (χ1n) is 6.23. The van der Waals surface area contributed by atoms with Gasteiger partial charge in [-0.25, -0.2) is 4.79 Å². The molecule has 0 aliphatic rings. The van der Waals surface area contributed by atoms with E-state index in [-0.39, 0.29) is 0 Å². The first-order chi connectivity index (χ1) is 9.11. The smallest absolute Gasteiger partial charge is 0.326 e. The van der Waals surface area contributed by atoms with Gasteiger partial charge in [-0.15, -0.1) is 0 Å². The molecule has 2 rings (SSSR count). The molecule has 100 valence electrons. The molecule has 1 aromatic heterocycles. The van der Waals surface area contributed by atoms with Crippen LogP contribution in [-0.4, -0.2) is 28.0 Å². The van der Waals surface area contributed by atoms with Gasteiger partial charge >= 0.3 is 5.97 Å². The molecule has 0 bridgehead atoms. The van der Waals surface area contributed by atoms with Gasteiger partial charge in [0.2, 0.25) is 0 Å². The van der Waals surface area contributed by atoms with E-state index < -0.39 is 17.9 Å². The minimum atomic E-state index is -1.01. The van der Waals surface area contributed by atoms with Crippen LogP contribution < -0.4 is 5.32 Å². The standard InChI is InChI=1S/C14H16N2O3/c1-2-5-11(14(18)19)16-13(17)12-8-9-6-3-4-7-10(9)15-12/h3-4,6-8,11,15H,2,5H2,1H3,(H,16,17)(H,18,19)/t11-/m0/s1. The number of carboxylic acids is 1. The average Bonchev–Trinajstić information content (AvgIpc) is 2.81. The fourth-order valence-corrected chi connectivity index (χ4v) is 1.98. The molecule has 0 aliphatic carbocycles. The Hall–Kier alpha value is -2.30. The van der Waals surface area contributed by atoms with Gasteiger partial charge in [-0.05, 0) is 18.6 Å². The highest BCUT2D eigenvalue weighted by Crippen LogP contribution is 2.14. The lowest BCUT2D eigenvalue weighted by atomic mass is 10.1. The Morgan fingerprint density at radius 3 is 2.74 bits per heavy atom. The number of carboxylic acid groups (broad SMARTS) is 1. The molecular formula is C14H16N2O3. The third-order valence-electron chi connectivity index (χ3n) is 2.96. The molecule has 1 amide bonds. The number of H-pyrrole nitrogens is 1. The summed E-state index contributed by atoms with van der Waals surface area (Å²) in [5.41, 5.74) is 1.23. The third-order valence-corrected chi connectivity index (χ3v) is 2.96. The van der Waals surface area contributed by atoms with Crippen molar-refractivity contribution in [3.8, 4) is 0 Å². The Kier molecular flexibility index (Phi) is 3.85. The maximum atomic E-state index is 12.0. The Morgan fingerprint density at radius 1 is 1.37 bits per heavy atom. The molecule has 0 saturated heterocycles. The van der Waals surface area contributed by atoms with Crippen LogP contribution in [0.3, 0.4) is 0 Å². The monoisotopic (exact) mass is 260 g/mol. The summed E-state index contributed by atoms with van der Waals surface area (Å²) in [6.07, 6.45) is 1.12. The van der Waals surface area contributed by atoms with Gasteiger partial charge in [0.05, 0.1) is 0 Å². The van der Waals surface area contributed by atoms with E-state index in [2.05, 4.69) is 10.3 Å². The summed E-state index contributed by atoms with van der Waals surface area (Å²) in [4.78, 5) is 26.0. The molecule has 5 nitrogen and oxygen atoms in total. The predicted molar refractivity (Wildman–Crippen MR) is 72.1 cm³/mol. The largest absolute Gasteiger partial charge is 0.480 e. The van der Waals surface area contributed by atoms with E-state index in [1.165, 1.54) is 0 Å². The lowest BCUT2D eigenvalue weighted by Crippen LogP contribution is -2.40. The number of carbonyl (C=O) groups is 2. The highest BCUT2D eigenvalue weighted by Gasteiger charge is 2.20. The minimum absolute atomic E-state index is 0.378. The van der Waals surface area contributed by atoms with Gasteiger partial charge in [-0.2, -0.15) is 0 Å². The Morgan fingerprint density at radius 2 is 2.11 bits per heavy atom. The molecule has 0 fully saturated rings. The maximum Gasteiger partial charge on any atom is 0.326 e. The summed E-state index contributed by atoms with van der Waals surface area (Å²) >= 11 is 0. The van der Waals surface area contributed by atoms with Crippen LogP contribution in [-0.2, 0) is 4.79 Å². The number of hydrogen-bond acceptors (Lipinski definition) is 2. The summed E-state index contributed by atoms with van der Waals surface area (Å²) in [5.74, 6) is -1.40. The van der Waals surface area contributed by atoms with E-state index in [0.717, 1.165) is 10.9 Å². The van der Waals surface area contributed by atoms with Gasteiger partial charge < -0.3 is 15.4 Å². The van der Waals surface area contributed by atoms with E-state index in [9.17, 15) is 9.59 Å². The summed E-state index contributed by atoms with van der Waals surface area (Å²) in [6, 6.07) is 8.39. The topological polar surface area (TPSA) is 82.2 Å². The molecule has 5 heteroatoms. The van der Waals surface area contributed by atoms with Crippen LogP contribution in [0.1, 0.15) is 30.3 Å². The van der Waals surface area contributed by atoms with Crippen LogP contribution >= 0.6 is 0 Å². The van der Waals surface area contributed by atoms with Gasteiger partial charge in [0.1, 0.15) is 11.7 Å². The van der Waals surface area contributed by atoms with E-state index in [0.29, 0.717) is 18.5 Å². The van der Waals surface area contributed by atoms with Gasteiger partial charge in [-0.3, -0.25) is 4.79 Å². The summed E-state index contributed by atoms with van der Waals surface area (Å²) in [7, 11) is 0. The third kappa shape index (κ3) is 2.93. The first kappa shape index (κ1) is 13.1. The molecular weight excluding hydrogens is 244 g/mol. The van der Waals surface area contributed by atoms with Crippen molar-refractivity contribution in [3.63, 3.8) is 0 Å². The molecule has 0 unspecified atom stereocenters. The zero-order valence-corrected chi connectivity index (χ0v) is 10.6. The number of aromatic amines is 1. The fourth-order valence-electron chi connectivity index (χ4n) is 1.98. The number of hydrogen-bond donors (Lipinski definition) is 3.